The summed E-state index contributed by atoms with van der Waals surface area (Å²) in [6.45, 7) is 0. The number of halogens is 2. The lowest BCUT2D eigenvalue weighted by molar-refractivity contribution is 0.0698. The fourth-order valence-electron chi connectivity index (χ4n) is 2.71. The van der Waals surface area contributed by atoms with Crippen LogP contribution in [0.1, 0.15) is 21.5 Å². The van der Waals surface area contributed by atoms with Crippen molar-refractivity contribution < 1.29 is 18.7 Å². The Bertz CT molecular complexity index is 927. The Morgan fingerprint density at radius 3 is 2.27 bits per heavy atom. The predicted molar refractivity (Wildman–Crippen MR) is 96.9 cm³/mol. The normalized spacial score (nSPS) is 10.5. The molecule has 0 aliphatic carbocycles. The van der Waals surface area contributed by atoms with Crippen molar-refractivity contribution in [3.63, 3.8) is 0 Å². The standard InChI is InChI=1S/C21H17F2NO2/c22-16-9-11-19(18(23)13-16)24-20-12-15(8-10-17(20)21(25)26)7-6-14-4-2-1-3-5-14/h1-5,8-13,24H,6-7H2,(H,25,26). The van der Waals surface area contributed by atoms with Crippen molar-refractivity contribution in [1.29, 1.82) is 0 Å². The average molecular weight is 353 g/mol. The molecule has 5 heteroatoms. The van der Waals surface area contributed by atoms with E-state index < -0.39 is 17.6 Å². The summed E-state index contributed by atoms with van der Waals surface area (Å²) in [5.41, 5.74) is 2.41. The Kier molecular flexibility index (Phi) is 5.27. The molecule has 0 radical (unpaired) electrons. The number of carboxylic acid groups (broad SMARTS) is 1. The topological polar surface area (TPSA) is 49.3 Å². The van der Waals surface area contributed by atoms with Gasteiger partial charge in [0.15, 0.2) is 0 Å². The van der Waals surface area contributed by atoms with Gasteiger partial charge in [-0.25, -0.2) is 13.6 Å². The summed E-state index contributed by atoms with van der Waals surface area (Å²) >= 11 is 0. The van der Waals surface area contributed by atoms with Crippen LogP contribution in [0.15, 0.2) is 66.7 Å². The van der Waals surface area contributed by atoms with E-state index in [0.717, 1.165) is 24.1 Å². The molecule has 3 nitrogen and oxygen atoms in total. The van der Waals surface area contributed by atoms with Gasteiger partial charge in [-0.15, -0.1) is 0 Å². The average Bonchev–Trinajstić information content (AvgIpc) is 2.63. The Labute approximate surface area is 149 Å². The van der Waals surface area contributed by atoms with Gasteiger partial charge in [0.05, 0.1) is 16.9 Å². The maximum atomic E-state index is 13.9. The fraction of sp³-hybridized carbons (Fsp3) is 0.0952. The molecule has 0 spiro atoms. The summed E-state index contributed by atoms with van der Waals surface area (Å²) in [5.74, 6) is -2.59. The van der Waals surface area contributed by atoms with E-state index in [1.54, 1.807) is 12.1 Å². The van der Waals surface area contributed by atoms with Crippen LogP contribution in [0.5, 0.6) is 0 Å². The van der Waals surface area contributed by atoms with Gasteiger partial charge >= 0.3 is 5.97 Å². The Morgan fingerprint density at radius 1 is 0.846 bits per heavy atom. The van der Waals surface area contributed by atoms with Gasteiger partial charge in [0, 0.05) is 6.07 Å². The zero-order valence-electron chi connectivity index (χ0n) is 13.9. The third-order valence-corrected chi connectivity index (χ3v) is 4.06. The van der Waals surface area contributed by atoms with Gasteiger partial charge in [-0.1, -0.05) is 36.4 Å². The number of aryl methyl sites for hydroxylation is 2. The van der Waals surface area contributed by atoms with Crippen molar-refractivity contribution in [1.82, 2.24) is 0 Å². The largest absolute Gasteiger partial charge is 0.478 e. The molecule has 0 saturated heterocycles. The van der Waals surface area contributed by atoms with Crippen LogP contribution < -0.4 is 5.32 Å². The van der Waals surface area contributed by atoms with E-state index in [0.29, 0.717) is 6.42 Å². The fourth-order valence-corrected chi connectivity index (χ4v) is 2.71. The second-order valence-corrected chi connectivity index (χ2v) is 5.92. The minimum absolute atomic E-state index is 0.0223. The van der Waals surface area contributed by atoms with Crippen LogP contribution in [0, 0.1) is 11.6 Å². The molecule has 2 N–H and O–H groups in total. The van der Waals surface area contributed by atoms with Gasteiger partial charge in [-0.3, -0.25) is 0 Å². The number of carbonyl (C=O) groups is 1. The number of rotatable bonds is 6. The summed E-state index contributed by atoms with van der Waals surface area (Å²) in [7, 11) is 0. The maximum absolute atomic E-state index is 13.9. The van der Waals surface area contributed by atoms with Gasteiger partial charge in [0.1, 0.15) is 11.6 Å². The summed E-state index contributed by atoms with van der Waals surface area (Å²) < 4.78 is 26.9. The van der Waals surface area contributed by atoms with Crippen molar-refractivity contribution in [2.24, 2.45) is 0 Å². The lowest BCUT2D eigenvalue weighted by Gasteiger charge is -2.13. The van der Waals surface area contributed by atoms with E-state index in [1.165, 1.54) is 17.7 Å². The molecule has 3 aromatic rings. The first-order valence-corrected chi connectivity index (χ1v) is 8.15. The first-order chi connectivity index (χ1) is 12.5. The van der Waals surface area contributed by atoms with Gasteiger partial charge < -0.3 is 10.4 Å². The van der Waals surface area contributed by atoms with Crippen LogP contribution in [0.25, 0.3) is 0 Å². The van der Waals surface area contributed by atoms with Crippen LogP contribution in [0.4, 0.5) is 20.2 Å². The number of hydrogen-bond donors (Lipinski definition) is 2. The molecule has 0 bridgehead atoms. The van der Waals surface area contributed by atoms with Crippen molar-refractivity contribution in [2.75, 3.05) is 5.32 Å². The van der Waals surface area contributed by atoms with E-state index in [4.69, 9.17) is 0 Å². The maximum Gasteiger partial charge on any atom is 0.337 e. The molecule has 0 aliphatic heterocycles. The number of carboxylic acids is 1. The third kappa shape index (κ3) is 4.25. The molecule has 132 valence electrons. The van der Waals surface area contributed by atoms with Gasteiger partial charge in [-0.05, 0) is 48.2 Å². The lowest BCUT2D eigenvalue weighted by Crippen LogP contribution is -2.05. The number of anilines is 2. The summed E-state index contributed by atoms with van der Waals surface area (Å²) in [4.78, 5) is 11.4. The SMILES string of the molecule is O=C(O)c1ccc(CCc2ccccc2)cc1Nc1ccc(F)cc1F. The molecule has 0 fully saturated rings. The van der Waals surface area contributed by atoms with Crippen molar-refractivity contribution in [3.8, 4) is 0 Å². The van der Waals surface area contributed by atoms with E-state index in [-0.39, 0.29) is 16.9 Å². The number of aromatic carboxylic acids is 1. The molecule has 3 rings (SSSR count). The van der Waals surface area contributed by atoms with Crippen LogP contribution >= 0.6 is 0 Å². The van der Waals surface area contributed by atoms with E-state index in [1.807, 2.05) is 30.3 Å². The van der Waals surface area contributed by atoms with Crippen LogP contribution in [-0.2, 0) is 12.8 Å². The number of benzene rings is 3. The van der Waals surface area contributed by atoms with Gasteiger partial charge in [0.25, 0.3) is 0 Å². The molecule has 0 amide bonds. The van der Waals surface area contributed by atoms with Crippen LogP contribution in [0.2, 0.25) is 0 Å². The summed E-state index contributed by atoms with van der Waals surface area (Å²) in [6.07, 6.45) is 1.52. The lowest BCUT2D eigenvalue weighted by atomic mass is 10.0. The minimum Gasteiger partial charge on any atom is -0.478 e. The highest BCUT2D eigenvalue weighted by Gasteiger charge is 2.13. The van der Waals surface area contributed by atoms with Crippen LogP contribution in [-0.4, -0.2) is 11.1 Å². The van der Waals surface area contributed by atoms with Gasteiger partial charge in [-0.2, -0.15) is 0 Å². The first kappa shape index (κ1) is 17.6. The number of hydrogen-bond acceptors (Lipinski definition) is 2. The quantitative estimate of drug-likeness (QED) is 0.641. The second kappa shape index (κ2) is 7.78. The highest BCUT2D eigenvalue weighted by molar-refractivity contribution is 5.95. The molecule has 26 heavy (non-hydrogen) atoms. The zero-order valence-corrected chi connectivity index (χ0v) is 13.9. The predicted octanol–water partition coefficient (Wildman–Crippen LogP) is 5.19. The second-order valence-electron chi connectivity index (χ2n) is 5.92. The number of nitrogens with one attached hydrogen (secondary N) is 1. The molecule has 0 unspecified atom stereocenters. The smallest absolute Gasteiger partial charge is 0.337 e. The zero-order chi connectivity index (χ0) is 18.5. The van der Waals surface area contributed by atoms with E-state index >= 15 is 0 Å². The van der Waals surface area contributed by atoms with Crippen molar-refractivity contribution in [3.05, 3.63) is 95.1 Å². The minimum atomic E-state index is -1.12. The summed E-state index contributed by atoms with van der Waals surface area (Å²) in [6, 6.07) is 18.0. The molecule has 0 saturated carbocycles. The molecule has 0 heterocycles. The van der Waals surface area contributed by atoms with E-state index in [2.05, 4.69) is 5.32 Å². The van der Waals surface area contributed by atoms with E-state index in [9.17, 15) is 18.7 Å². The first-order valence-electron chi connectivity index (χ1n) is 8.15. The highest BCUT2D eigenvalue weighted by atomic mass is 19.1. The van der Waals surface area contributed by atoms with Gasteiger partial charge in [0.2, 0.25) is 0 Å². The van der Waals surface area contributed by atoms with Crippen molar-refractivity contribution >= 4 is 17.3 Å². The molecule has 0 aromatic heterocycles. The third-order valence-electron chi connectivity index (χ3n) is 4.06. The Hall–Kier alpha value is -3.21. The monoisotopic (exact) mass is 353 g/mol. The van der Waals surface area contributed by atoms with Crippen LogP contribution in [0.3, 0.4) is 0 Å². The highest BCUT2D eigenvalue weighted by Crippen LogP contribution is 2.25. The molecule has 0 aliphatic rings. The molecular formula is C21H17F2NO2. The van der Waals surface area contributed by atoms with Crippen molar-refractivity contribution in [2.45, 2.75) is 12.8 Å². The molecule has 0 atom stereocenters. The summed E-state index contributed by atoms with van der Waals surface area (Å²) in [5, 5.41) is 12.1. The molecule has 3 aromatic carbocycles. The Balaban J connectivity index is 1.85. The molecular weight excluding hydrogens is 336 g/mol. The Morgan fingerprint density at radius 2 is 1.58 bits per heavy atom.